The van der Waals surface area contributed by atoms with Crippen molar-refractivity contribution in [3.63, 3.8) is 0 Å². The molecule has 2 aliphatic rings. The Morgan fingerprint density at radius 1 is 1.44 bits per heavy atom. The van der Waals surface area contributed by atoms with Crippen molar-refractivity contribution in [1.82, 2.24) is 5.32 Å². The van der Waals surface area contributed by atoms with Crippen LogP contribution in [0, 0.1) is 5.92 Å². The molecule has 1 aromatic carbocycles. The number of hydrogen-bond donors (Lipinski definition) is 1. The topological polar surface area (TPSA) is 21.3 Å². The van der Waals surface area contributed by atoms with E-state index in [4.69, 9.17) is 4.74 Å². The highest BCUT2D eigenvalue weighted by molar-refractivity contribution is 5.43. The monoisotopic (exact) mass is 217 g/mol. The van der Waals surface area contributed by atoms with E-state index in [-0.39, 0.29) is 0 Å². The number of fused-ring (bicyclic) bond motifs is 4. The highest BCUT2D eigenvalue weighted by Gasteiger charge is 2.39. The molecule has 0 amide bonds. The second-order valence-corrected chi connectivity index (χ2v) is 5.49. The Hall–Kier alpha value is -1.02. The smallest absolute Gasteiger partial charge is 0.119 e. The standard InChI is InChI=1S/C14H19NO/c1-14-7-10(8-15-9-14)5-11-3-4-12(16-2)6-13(11)14/h3-4,6,10,15H,5,7-9H2,1-2H3. The molecule has 86 valence electrons. The third-order valence-electron chi connectivity index (χ3n) is 4.16. The maximum atomic E-state index is 5.34. The number of ether oxygens (including phenoxy) is 1. The van der Waals surface area contributed by atoms with Crippen LogP contribution in [0.2, 0.25) is 0 Å². The van der Waals surface area contributed by atoms with Gasteiger partial charge in [0.25, 0.3) is 0 Å². The van der Waals surface area contributed by atoms with Crippen LogP contribution >= 0.6 is 0 Å². The molecule has 2 bridgehead atoms. The van der Waals surface area contributed by atoms with E-state index in [0.29, 0.717) is 5.41 Å². The summed E-state index contributed by atoms with van der Waals surface area (Å²) in [6.45, 7) is 4.66. The van der Waals surface area contributed by atoms with Gasteiger partial charge in [-0.15, -0.1) is 0 Å². The van der Waals surface area contributed by atoms with Gasteiger partial charge >= 0.3 is 0 Å². The first-order valence-electron chi connectivity index (χ1n) is 6.09. The molecule has 2 nitrogen and oxygen atoms in total. The molecule has 0 saturated carbocycles. The summed E-state index contributed by atoms with van der Waals surface area (Å²) in [7, 11) is 1.74. The van der Waals surface area contributed by atoms with Gasteiger partial charge in [0, 0.05) is 12.0 Å². The van der Waals surface area contributed by atoms with Gasteiger partial charge in [-0.1, -0.05) is 13.0 Å². The lowest BCUT2D eigenvalue weighted by atomic mass is 9.65. The Morgan fingerprint density at radius 3 is 3.12 bits per heavy atom. The molecule has 0 aromatic heterocycles. The van der Waals surface area contributed by atoms with Crippen molar-refractivity contribution in [2.24, 2.45) is 5.92 Å². The Kier molecular flexibility index (Phi) is 2.21. The molecule has 1 N–H and O–H groups in total. The Balaban J connectivity index is 2.10. The second-order valence-electron chi connectivity index (χ2n) is 5.49. The van der Waals surface area contributed by atoms with Gasteiger partial charge in [0.2, 0.25) is 0 Å². The van der Waals surface area contributed by atoms with Crippen LogP contribution in [0.1, 0.15) is 24.5 Å². The molecule has 1 saturated heterocycles. The van der Waals surface area contributed by atoms with Crippen molar-refractivity contribution < 1.29 is 4.74 Å². The molecule has 0 spiro atoms. The predicted molar refractivity (Wildman–Crippen MR) is 65.0 cm³/mol. The van der Waals surface area contributed by atoms with Gasteiger partial charge in [-0.25, -0.2) is 0 Å². The fourth-order valence-electron chi connectivity index (χ4n) is 3.42. The van der Waals surface area contributed by atoms with Gasteiger partial charge in [-0.3, -0.25) is 0 Å². The van der Waals surface area contributed by atoms with Crippen molar-refractivity contribution in [3.8, 4) is 5.75 Å². The molecule has 2 heteroatoms. The first kappa shape index (κ1) is 10.2. The van der Waals surface area contributed by atoms with E-state index in [1.165, 1.54) is 30.5 Å². The van der Waals surface area contributed by atoms with E-state index in [0.717, 1.165) is 18.2 Å². The maximum absolute atomic E-state index is 5.34. The molecule has 3 rings (SSSR count). The number of piperidine rings is 1. The molecular formula is C14H19NO. The van der Waals surface area contributed by atoms with Gasteiger partial charge in [-0.05, 0) is 48.6 Å². The van der Waals surface area contributed by atoms with E-state index in [1.54, 1.807) is 7.11 Å². The van der Waals surface area contributed by atoms with Crippen molar-refractivity contribution in [3.05, 3.63) is 29.3 Å². The Labute approximate surface area is 97.0 Å². The number of rotatable bonds is 1. The van der Waals surface area contributed by atoms with Crippen molar-refractivity contribution in [2.75, 3.05) is 20.2 Å². The summed E-state index contributed by atoms with van der Waals surface area (Å²) in [6.07, 6.45) is 2.54. The lowest BCUT2D eigenvalue weighted by Crippen LogP contribution is -2.49. The minimum Gasteiger partial charge on any atom is -0.497 e. The summed E-state index contributed by atoms with van der Waals surface area (Å²) in [4.78, 5) is 0. The normalized spacial score (nSPS) is 32.0. The first-order chi connectivity index (χ1) is 7.71. The molecule has 1 fully saturated rings. The quantitative estimate of drug-likeness (QED) is 0.778. The number of methoxy groups -OCH3 is 1. The lowest BCUT2D eigenvalue weighted by Gasteiger charge is -2.44. The molecule has 1 aliphatic heterocycles. The highest BCUT2D eigenvalue weighted by atomic mass is 16.5. The minimum absolute atomic E-state index is 0.311. The van der Waals surface area contributed by atoms with E-state index in [9.17, 15) is 0 Å². The fourth-order valence-corrected chi connectivity index (χ4v) is 3.42. The summed E-state index contributed by atoms with van der Waals surface area (Å²) in [5, 5.41) is 3.56. The van der Waals surface area contributed by atoms with Crippen LogP contribution in [0.25, 0.3) is 0 Å². The van der Waals surface area contributed by atoms with E-state index >= 15 is 0 Å². The molecular weight excluding hydrogens is 198 g/mol. The van der Waals surface area contributed by atoms with E-state index < -0.39 is 0 Å². The highest BCUT2D eigenvalue weighted by Crippen LogP contribution is 2.42. The summed E-state index contributed by atoms with van der Waals surface area (Å²) >= 11 is 0. The fraction of sp³-hybridized carbons (Fsp3) is 0.571. The van der Waals surface area contributed by atoms with Crippen molar-refractivity contribution in [1.29, 1.82) is 0 Å². The van der Waals surface area contributed by atoms with Crippen LogP contribution in [-0.4, -0.2) is 20.2 Å². The van der Waals surface area contributed by atoms with Crippen molar-refractivity contribution >= 4 is 0 Å². The zero-order chi connectivity index (χ0) is 11.2. The molecule has 1 aromatic rings. The van der Waals surface area contributed by atoms with Gasteiger partial charge in [-0.2, -0.15) is 0 Å². The molecule has 2 atom stereocenters. The van der Waals surface area contributed by atoms with Crippen LogP contribution in [-0.2, 0) is 11.8 Å². The SMILES string of the molecule is COc1ccc2c(c1)C1(C)CNCC(C2)C1. The van der Waals surface area contributed by atoms with Gasteiger partial charge < -0.3 is 10.1 Å². The van der Waals surface area contributed by atoms with Gasteiger partial charge in [0.15, 0.2) is 0 Å². The van der Waals surface area contributed by atoms with Crippen LogP contribution in [0.4, 0.5) is 0 Å². The molecule has 2 unspecified atom stereocenters. The minimum atomic E-state index is 0.311. The Bertz CT molecular complexity index is 415. The van der Waals surface area contributed by atoms with Crippen LogP contribution in [0.3, 0.4) is 0 Å². The average Bonchev–Trinajstić information content (AvgIpc) is 2.28. The summed E-state index contributed by atoms with van der Waals surface area (Å²) in [5.74, 6) is 1.81. The molecule has 16 heavy (non-hydrogen) atoms. The number of benzene rings is 1. The van der Waals surface area contributed by atoms with Crippen LogP contribution in [0.5, 0.6) is 5.75 Å². The largest absolute Gasteiger partial charge is 0.497 e. The first-order valence-corrected chi connectivity index (χ1v) is 6.09. The zero-order valence-corrected chi connectivity index (χ0v) is 10.0. The molecule has 1 aliphatic carbocycles. The van der Waals surface area contributed by atoms with Crippen LogP contribution < -0.4 is 10.1 Å². The van der Waals surface area contributed by atoms with Crippen LogP contribution in [0.15, 0.2) is 18.2 Å². The van der Waals surface area contributed by atoms with E-state index in [2.05, 4.69) is 30.4 Å². The van der Waals surface area contributed by atoms with E-state index in [1.807, 2.05) is 0 Å². The second kappa shape index (κ2) is 3.49. The lowest BCUT2D eigenvalue weighted by molar-refractivity contribution is 0.235. The Morgan fingerprint density at radius 2 is 2.31 bits per heavy atom. The van der Waals surface area contributed by atoms with Gasteiger partial charge in [0.05, 0.1) is 7.11 Å². The predicted octanol–water partition coefficient (Wildman–Crippen LogP) is 2.12. The third-order valence-corrected chi connectivity index (χ3v) is 4.16. The molecule has 1 heterocycles. The maximum Gasteiger partial charge on any atom is 0.119 e. The van der Waals surface area contributed by atoms with Crippen molar-refractivity contribution in [2.45, 2.75) is 25.2 Å². The van der Waals surface area contributed by atoms with Gasteiger partial charge in [0.1, 0.15) is 5.75 Å². The number of nitrogens with one attached hydrogen (secondary N) is 1. The third kappa shape index (κ3) is 1.44. The summed E-state index contributed by atoms with van der Waals surface area (Å²) in [6, 6.07) is 6.58. The number of hydrogen-bond acceptors (Lipinski definition) is 2. The zero-order valence-electron chi connectivity index (χ0n) is 10.0. The summed E-state index contributed by atoms with van der Waals surface area (Å²) in [5.41, 5.74) is 3.33. The average molecular weight is 217 g/mol. The molecule has 0 radical (unpaired) electrons. The summed E-state index contributed by atoms with van der Waals surface area (Å²) < 4.78 is 5.34.